The summed E-state index contributed by atoms with van der Waals surface area (Å²) in [6.07, 6.45) is 6.12. The van der Waals surface area contributed by atoms with E-state index in [2.05, 4.69) is 38.3 Å². The summed E-state index contributed by atoms with van der Waals surface area (Å²) < 4.78 is 0. The zero-order valence-electron chi connectivity index (χ0n) is 13.5. The highest BCUT2D eigenvalue weighted by Gasteiger charge is 2.38. The van der Waals surface area contributed by atoms with E-state index in [0.717, 1.165) is 25.9 Å². The van der Waals surface area contributed by atoms with Gasteiger partial charge in [-0.05, 0) is 32.6 Å². The number of carbonyl (C=O) groups is 1. The molecule has 20 heavy (non-hydrogen) atoms. The minimum atomic E-state index is -0.107. The van der Waals surface area contributed by atoms with Crippen LogP contribution in [0.5, 0.6) is 0 Å². The van der Waals surface area contributed by atoms with Gasteiger partial charge in [0.15, 0.2) is 0 Å². The van der Waals surface area contributed by atoms with Crippen LogP contribution in [-0.2, 0) is 0 Å². The molecule has 1 saturated carbocycles. The van der Waals surface area contributed by atoms with Crippen molar-refractivity contribution in [3.05, 3.63) is 0 Å². The first-order valence-corrected chi connectivity index (χ1v) is 8.21. The molecule has 0 aromatic heterocycles. The van der Waals surface area contributed by atoms with Crippen molar-refractivity contribution in [3.8, 4) is 0 Å². The largest absolute Gasteiger partial charge is 0.335 e. The van der Waals surface area contributed by atoms with Gasteiger partial charge in [0.1, 0.15) is 0 Å². The highest BCUT2D eigenvalue weighted by molar-refractivity contribution is 5.75. The second kappa shape index (κ2) is 6.33. The Morgan fingerprint density at radius 2 is 1.90 bits per heavy atom. The fourth-order valence-corrected chi connectivity index (χ4v) is 3.29. The van der Waals surface area contributed by atoms with E-state index in [4.69, 9.17) is 0 Å². The molecule has 0 spiro atoms. The first kappa shape index (κ1) is 15.6. The van der Waals surface area contributed by atoms with Crippen LogP contribution in [0.4, 0.5) is 4.79 Å². The second-order valence-corrected chi connectivity index (χ2v) is 7.44. The molecule has 2 aliphatic rings. The van der Waals surface area contributed by atoms with Gasteiger partial charge >= 0.3 is 6.03 Å². The van der Waals surface area contributed by atoms with Gasteiger partial charge in [0.2, 0.25) is 0 Å². The van der Waals surface area contributed by atoms with Crippen molar-refractivity contribution in [2.75, 3.05) is 13.1 Å². The van der Waals surface area contributed by atoms with Crippen LogP contribution in [0.1, 0.15) is 59.8 Å². The molecule has 2 amide bonds. The van der Waals surface area contributed by atoms with E-state index < -0.39 is 0 Å². The number of nitrogens with zero attached hydrogens (tertiary/aromatic N) is 1. The summed E-state index contributed by atoms with van der Waals surface area (Å²) in [4.78, 5) is 14.7. The summed E-state index contributed by atoms with van der Waals surface area (Å²) in [5.74, 6) is 0.552. The predicted octanol–water partition coefficient (Wildman–Crippen LogP) is 2.74. The lowest BCUT2D eigenvalue weighted by atomic mass is 9.92. The molecule has 1 saturated heterocycles. The maximum atomic E-state index is 12.6. The van der Waals surface area contributed by atoms with E-state index in [9.17, 15) is 4.79 Å². The van der Waals surface area contributed by atoms with Gasteiger partial charge in [0, 0.05) is 25.2 Å². The third-order valence-corrected chi connectivity index (χ3v) is 4.89. The summed E-state index contributed by atoms with van der Waals surface area (Å²) in [5.41, 5.74) is -0.107. The first-order chi connectivity index (χ1) is 9.40. The Bertz CT molecular complexity index is 335. The third kappa shape index (κ3) is 3.66. The molecule has 0 aromatic rings. The van der Waals surface area contributed by atoms with Crippen molar-refractivity contribution in [1.82, 2.24) is 15.5 Å². The molecular weight excluding hydrogens is 250 g/mol. The van der Waals surface area contributed by atoms with E-state index >= 15 is 0 Å². The van der Waals surface area contributed by atoms with Crippen molar-refractivity contribution in [1.29, 1.82) is 0 Å². The maximum absolute atomic E-state index is 12.6. The van der Waals surface area contributed by atoms with Gasteiger partial charge in [0.25, 0.3) is 0 Å². The number of hydrogen-bond donors (Lipinski definition) is 2. The topological polar surface area (TPSA) is 44.4 Å². The van der Waals surface area contributed by atoms with Crippen LogP contribution >= 0.6 is 0 Å². The van der Waals surface area contributed by atoms with E-state index in [0.29, 0.717) is 18.0 Å². The molecule has 1 aliphatic carbocycles. The smallest absolute Gasteiger partial charge is 0.318 e. The molecule has 1 unspecified atom stereocenters. The van der Waals surface area contributed by atoms with Crippen LogP contribution in [0.3, 0.4) is 0 Å². The summed E-state index contributed by atoms with van der Waals surface area (Å²) in [7, 11) is 0. The molecule has 1 atom stereocenters. The summed E-state index contributed by atoms with van der Waals surface area (Å²) in [5, 5.41) is 6.84. The van der Waals surface area contributed by atoms with Crippen molar-refractivity contribution in [3.63, 3.8) is 0 Å². The van der Waals surface area contributed by atoms with Crippen LogP contribution in [0.25, 0.3) is 0 Å². The van der Waals surface area contributed by atoms with Gasteiger partial charge in [0.05, 0.1) is 5.54 Å². The molecule has 4 heteroatoms. The molecule has 2 N–H and O–H groups in total. The first-order valence-electron chi connectivity index (χ1n) is 8.21. The zero-order chi connectivity index (χ0) is 14.8. The van der Waals surface area contributed by atoms with Crippen LogP contribution in [0.2, 0.25) is 0 Å². The molecule has 1 heterocycles. The zero-order valence-corrected chi connectivity index (χ0v) is 13.5. The molecule has 2 rings (SSSR count). The summed E-state index contributed by atoms with van der Waals surface area (Å²) in [6.45, 7) is 10.4. The number of amides is 2. The number of urea groups is 1. The molecule has 0 bridgehead atoms. The number of hydrogen-bond acceptors (Lipinski definition) is 2. The average Bonchev–Trinajstić information content (AvgIpc) is 2.39. The highest BCUT2D eigenvalue weighted by Crippen LogP contribution is 2.23. The molecule has 1 aliphatic heterocycles. The minimum absolute atomic E-state index is 0.107. The lowest BCUT2D eigenvalue weighted by molar-refractivity contribution is 0.0792. The van der Waals surface area contributed by atoms with Crippen LogP contribution < -0.4 is 10.6 Å². The second-order valence-electron chi connectivity index (χ2n) is 7.44. The Hall–Kier alpha value is -0.770. The van der Waals surface area contributed by atoms with Crippen LogP contribution in [-0.4, -0.2) is 41.6 Å². The maximum Gasteiger partial charge on any atom is 0.318 e. The van der Waals surface area contributed by atoms with Gasteiger partial charge in [-0.25, -0.2) is 4.79 Å². The van der Waals surface area contributed by atoms with Crippen molar-refractivity contribution >= 4 is 6.03 Å². The Balaban J connectivity index is 1.97. The Morgan fingerprint density at radius 3 is 2.50 bits per heavy atom. The van der Waals surface area contributed by atoms with Crippen LogP contribution in [0, 0.1) is 5.92 Å². The summed E-state index contributed by atoms with van der Waals surface area (Å²) >= 11 is 0. The normalized spacial score (nSPS) is 27.6. The highest BCUT2D eigenvalue weighted by atomic mass is 16.2. The number of piperazine rings is 1. The molecule has 2 fully saturated rings. The molecule has 116 valence electrons. The molecular formula is C16H31N3O. The number of rotatable bonds is 2. The Morgan fingerprint density at radius 1 is 1.25 bits per heavy atom. The average molecular weight is 281 g/mol. The minimum Gasteiger partial charge on any atom is -0.335 e. The lowest BCUT2D eigenvalue weighted by Crippen LogP contribution is -2.66. The predicted molar refractivity (Wildman–Crippen MR) is 82.8 cm³/mol. The van der Waals surface area contributed by atoms with Gasteiger partial charge in [-0.15, -0.1) is 0 Å². The molecule has 0 radical (unpaired) electrons. The Labute approximate surface area is 123 Å². The quantitative estimate of drug-likeness (QED) is 0.817. The number of carbonyl (C=O) groups excluding carboxylic acids is 1. The fraction of sp³-hybridized carbons (Fsp3) is 0.938. The van der Waals surface area contributed by atoms with Crippen LogP contribution in [0.15, 0.2) is 0 Å². The van der Waals surface area contributed by atoms with Gasteiger partial charge in [-0.2, -0.15) is 0 Å². The van der Waals surface area contributed by atoms with E-state index in [1.807, 2.05) is 4.90 Å². The van der Waals surface area contributed by atoms with Crippen molar-refractivity contribution < 1.29 is 4.79 Å². The summed E-state index contributed by atoms with van der Waals surface area (Å²) in [6, 6.07) is 0.925. The number of nitrogens with one attached hydrogen (secondary N) is 2. The van der Waals surface area contributed by atoms with Gasteiger partial charge < -0.3 is 15.5 Å². The van der Waals surface area contributed by atoms with E-state index in [1.165, 1.54) is 19.3 Å². The Kier molecular flexibility index (Phi) is 4.95. The monoisotopic (exact) mass is 281 g/mol. The van der Waals surface area contributed by atoms with E-state index in [1.54, 1.807) is 0 Å². The fourth-order valence-electron chi connectivity index (χ4n) is 3.29. The van der Waals surface area contributed by atoms with Gasteiger partial charge in [-0.1, -0.05) is 33.1 Å². The van der Waals surface area contributed by atoms with E-state index in [-0.39, 0.29) is 11.6 Å². The lowest BCUT2D eigenvalue weighted by Gasteiger charge is -2.47. The molecule has 0 aromatic carbocycles. The molecule has 4 nitrogen and oxygen atoms in total. The van der Waals surface area contributed by atoms with Crippen molar-refractivity contribution in [2.45, 2.75) is 77.4 Å². The standard InChI is InChI=1S/C16H31N3O/c1-12(2)14-10-19(16(3,4)11-17-14)15(20)18-13-8-6-5-7-9-13/h12-14,17H,5-11H2,1-4H3,(H,18,20). The van der Waals surface area contributed by atoms with Crippen molar-refractivity contribution in [2.24, 2.45) is 5.92 Å². The third-order valence-electron chi connectivity index (χ3n) is 4.89. The van der Waals surface area contributed by atoms with Gasteiger partial charge in [-0.3, -0.25) is 0 Å². The SMILES string of the molecule is CC(C)C1CN(C(=O)NC2CCCCC2)C(C)(C)CN1.